The van der Waals surface area contributed by atoms with Crippen LogP contribution in [0.5, 0.6) is 17.2 Å². The van der Waals surface area contributed by atoms with Crippen molar-refractivity contribution >= 4 is 36.4 Å². The maximum absolute atomic E-state index is 12.3. The Kier molecular flexibility index (Phi) is 35.8. The lowest BCUT2D eigenvalue weighted by atomic mass is 9.73. The van der Waals surface area contributed by atoms with Gasteiger partial charge in [0.05, 0.1) is 31.5 Å². The van der Waals surface area contributed by atoms with E-state index >= 15 is 0 Å². The molecule has 6 aliphatic rings. The molecule has 104 heavy (non-hydrogen) atoms. The number of aliphatic hydroxyl groups excluding tert-OH is 4. The monoisotopic (exact) mass is 1470 g/mol. The Bertz CT molecular complexity index is 3130. The van der Waals surface area contributed by atoms with Crippen molar-refractivity contribution in [1.29, 1.82) is 0 Å². The number of carbonyl (C=O) groups is 6. The summed E-state index contributed by atoms with van der Waals surface area (Å²) >= 11 is 0. The van der Waals surface area contributed by atoms with Gasteiger partial charge in [-0.1, -0.05) is 95.7 Å². The molecule has 15 atom stereocenters. The van der Waals surface area contributed by atoms with Crippen molar-refractivity contribution in [1.82, 2.24) is 0 Å². The van der Waals surface area contributed by atoms with Crippen molar-refractivity contribution in [2.75, 3.05) is 60.0 Å². The van der Waals surface area contributed by atoms with Crippen LogP contribution in [0.2, 0.25) is 0 Å². The minimum absolute atomic E-state index is 0.0334. The molecule has 3 aromatic rings. The van der Waals surface area contributed by atoms with Crippen molar-refractivity contribution in [2.24, 2.45) is 53.3 Å². The summed E-state index contributed by atoms with van der Waals surface area (Å²) in [6.45, 7) is 4.41. The van der Waals surface area contributed by atoms with Crippen LogP contribution in [0.1, 0.15) is 189 Å². The van der Waals surface area contributed by atoms with E-state index in [1.54, 1.807) is 13.2 Å². The highest BCUT2D eigenvalue weighted by Gasteiger charge is 2.48. The van der Waals surface area contributed by atoms with Crippen molar-refractivity contribution in [3.8, 4) is 17.2 Å². The summed E-state index contributed by atoms with van der Waals surface area (Å²) in [6.07, 6.45) is 14.7. The Balaban J connectivity index is 0.000000218. The number of aliphatic carboxylic acids is 3. The molecule has 3 fully saturated rings. The topological polar surface area (TPSA) is 336 Å². The van der Waals surface area contributed by atoms with Gasteiger partial charge in [0.2, 0.25) is 0 Å². The fourth-order valence-corrected chi connectivity index (χ4v) is 17.0. The lowest BCUT2D eigenvalue weighted by Crippen LogP contribution is -2.29. The van der Waals surface area contributed by atoms with Gasteiger partial charge in [0.15, 0.2) is 26.4 Å². The summed E-state index contributed by atoms with van der Waals surface area (Å²) < 4.78 is 77.2. The minimum Gasteiger partial charge on any atom is -0.482 e. The predicted octanol–water partition coefficient (Wildman–Crippen LogP) is 13.1. The van der Waals surface area contributed by atoms with Crippen LogP contribution in [-0.2, 0) is 86.1 Å². The number of carboxylic acids is 3. The SMILES string of the molecule is CCCCC[C@@H](CC[C@@H]1[C@H]2Cc3cccc(OCC(=O)O)c3C[C@H]2C[C@H]1O)OC(=O)OCC(F)F.CCCCC[C@@H](CC[C@@H]1[C@H]2Cc3cccc(OCC(=O)O)c3C[C@H]2C[C@H]1O)OC(=O)OCCO.CCCCC[C@@H](CC[C@@H]1[C@H]2Cc3cccc(OCC(=O)O)c3C[C@H]2C[C@H]1O)OC(=O)OCCOC. The zero-order valence-electron chi connectivity index (χ0n) is 61.1. The van der Waals surface area contributed by atoms with Crippen LogP contribution in [-0.4, -0.2) is 175 Å². The molecule has 9 rings (SSSR count). The molecule has 3 saturated carbocycles. The lowest BCUT2D eigenvalue weighted by molar-refractivity contribution is -0.140. The molecule has 0 aromatic heterocycles. The number of aliphatic hydroxyl groups is 4. The first-order chi connectivity index (χ1) is 50.1. The maximum Gasteiger partial charge on any atom is 0.508 e. The Morgan fingerprint density at radius 1 is 0.442 bits per heavy atom. The number of benzene rings is 3. The van der Waals surface area contributed by atoms with Crippen molar-refractivity contribution in [2.45, 2.75) is 237 Å². The number of unbranched alkanes of at least 4 members (excludes halogenated alkanes) is 6. The van der Waals surface area contributed by atoms with Gasteiger partial charge in [-0.15, -0.1) is 0 Å². The van der Waals surface area contributed by atoms with Crippen LogP contribution < -0.4 is 14.2 Å². The number of hydrogen-bond donors (Lipinski definition) is 7. The largest absolute Gasteiger partial charge is 0.508 e. The fraction of sp³-hybridized carbons (Fsp3) is 0.696. The molecule has 0 spiro atoms. The molecule has 582 valence electrons. The fourth-order valence-electron chi connectivity index (χ4n) is 17.0. The number of fused-ring (bicyclic) bond motifs is 6. The number of carboxylic acid groups (broad SMARTS) is 3. The predicted molar refractivity (Wildman–Crippen MR) is 378 cm³/mol. The number of rotatable bonds is 40. The normalized spacial score (nSPS) is 23.9. The molecule has 23 nitrogen and oxygen atoms in total. The van der Waals surface area contributed by atoms with Gasteiger partial charge >= 0.3 is 36.4 Å². The van der Waals surface area contributed by atoms with Crippen LogP contribution in [0.25, 0.3) is 0 Å². The van der Waals surface area contributed by atoms with Crippen LogP contribution in [0.4, 0.5) is 23.2 Å². The molecule has 6 aliphatic carbocycles. The molecule has 3 aromatic carbocycles. The second kappa shape index (κ2) is 44.2. The van der Waals surface area contributed by atoms with Crippen LogP contribution >= 0.6 is 0 Å². The van der Waals surface area contributed by atoms with E-state index < -0.39 is 80.4 Å². The van der Waals surface area contributed by atoms with Crippen molar-refractivity contribution < 1.29 is 121 Å². The molecule has 0 radical (unpaired) electrons. The number of carbonyl (C=O) groups excluding carboxylic acids is 3. The van der Waals surface area contributed by atoms with E-state index in [-0.39, 0.29) is 74.8 Å². The smallest absolute Gasteiger partial charge is 0.482 e. The lowest BCUT2D eigenvalue weighted by Gasteiger charge is -2.32. The van der Waals surface area contributed by atoms with E-state index in [9.17, 15) is 52.9 Å². The number of hydrogen-bond acceptors (Lipinski definition) is 20. The molecular weight excluding hydrogens is 1350 g/mol. The molecule has 0 unspecified atom stereocenters. The number of alkyl halides is 2. The highest BCUT2D eigenvalue weighted by Crippen LogP contribution is 2.52. The highest BCUT2D eigenvalue weighted by molar-refractivity contribution is 5.69. The van der Waals surface area contributed by atoms with E-state index in [4.69, 9.17) is 63.1 Å². The second-order valence-corrected chi connectivity index (χ2v) is 28.9. The Hall–Kier alpha value is -7.06. The molecule has 0 amide bonds. The quantitative estimate of drug-likeness (QED) is 0.0158. The Labute approximate surface area is 610 Å². The zero-order valence-corrected chi connectivity index (χ0v) is 61.1. The number of methoxy groups -OCH3 is 1. The molecule has 0 heterocycles. The minimum atomic E-state index is -2.74. The highest BCUT2D eigenvalue weighted by atomic mass is 19.3. The second-order valence-electron chi connectivity index (χ2n) is 28.9. The van der Waals surface area contributed by atoms with E-state index in [0.29, 0.717) is 92.5 Å². The summed E-state index contributed by atoms with van der Waals surface area (Å²) in [7, 11) is 1.55. The van der Waals surface area contributed by atoms with Gasteiger partial charge < -0.3 is 83.1 Å². The van der Waals surface area contributed by atoms with Gasteiger partial charge in [0.1, 0.15) is 48.8 Å². The zero-order chi connectivity index (χ0) is 75.1. The van der Waals surface area contributed by atoms with Crippen LogP contribution in [0.15, 0.2) is 54.6 Å². The van der Waals surface area contributed by atoms with E-state index in [2.05, 4.69) is 37.6 Å². The van der Waals surface area contributed by atoms with E-state index in [1.165, 1.54) is 5.56 Å². The van der Waals surface area contributed by atoms with Crippen molar-refractivity contribution in [3.05, 3.63) is 88.0 Å². The van der Waals surface area contributed by atoms with Gasteiger partial charge in [-0.25, -0.2) is 37.5 Å². The first-order valence-corrected chi connectivity index (χ1v) is 37.9. The standard InChI is InChI=1S/C27H40O8.C26H36F2O7.C26H38O8/c1-3-4-5-8-20(35-27(31)33-13-12-32-2)10-11-21-22-14-18-7-6-9-25(34-17-26(29)30)23(18)15-19(22)16-24(21)28;1-2-3-4-7-18(35-26(32)34-14-24(27)28)9-10-19-20-11-16-6-5-8-23(33-15-25(30)31)21(16)12-17(20)13-22(19)29;1-2-3-4-7-19(34-26(31)32-12-11-27)9-10-20-21-13-17-6-5-8-24(33-16-25(29)30)22(17)14-18(21)15-23(20)28/h6-7,9,19-22,24,28H,3-5,8,10-17H2,1-2H3,(H,29,30);5-6,8,17-20,22,24,29H,2-4,7,9-15H2,1H3,(H,30,31);5-6,8,18-21,23,27-28H,2-4,7,9-16H2,1H3,(H,29,30)/t19-,20-,21+,22-,24+;17-,18-,19+,20-,22+;18-,19-,20+,21-,23+/m000/s1. The van der Waals surface area contributed by atoms with Crippen LogP contribution in [0.3, 0.4) is 0 Å². The van der Waals surface area contributed by atoms with Gasteiger partial charge in [0.25, 0.3) is 6.43 Å². The first kappa shape index (κ1) is 84.2. The molecule has 0 aliphatic heterocycles. The molecule has 25 heteroatoms. The molecule has 0 bridgehead atoms. The number of ether oxygens (including phenoxy) is 10. The van der Waals surface area contributed by atoms with E-state index in [0.717, 1.165) is 156 Å². The van der Waals surface area contributed by atoms with Gasteiger partial charge in [0, 0.05) is 7.11 Å². The Morgan fingerprint density at radius 2 is 0.769 bits per heavy atom. The third kappa shape index (κ3) is 26.5. The summed E-state index contributed by atoms with van der Waals surface area (Å²) in [4.78, 5) is 68.7. The van der Waals surface area contributed by atoms with Gasteiger partial charge in [-0.05, 0) is 240 Å². The summed E-state index contributed by atoms with van der Waals surface area (Å²) in [5, 5.41) is 68.5. The van der Waals surface area contributed by atoms with Gasteiger partial charge in [-0.3, -0.25) is 0 Å². The van der Waals surface area contributed by atoms with Crippen molar-refractivity contribution in [3.63, 3.8) is 0 Å². The van der Waals surface area contributed by atoms with Crippen LogP contribution in [0, 0.1) is 53.3 Å². The Morgan fingerprint density at radius 3 is 1.07 bits per heavy atom. The number of halogens is 2. The maximum atomic E-state index is 12.3. The van der Waals surface area contributed by atoms with E-state index in [1.807, 2.05) is 36.4 Å². The third-order valence-electron chi connectivity index (χ3n) is 21.9. The van der Waals surface area contributed by atoms with Gasteiger partial charge in [-0.2, -0.15) is 0 Å². The average molecular weight is 1470 g/mol. The first-order valence-electron chi connectivity index (χ1n) is 37.9. The summed E-state index contributed by atoms with van der Waals surface area (Å²) in [5.41, 5.74) is 6.59. The average Bonchev–Trinajstić information content (AvgIpc) is 1.61. The molecule has 7 N–H and O–H groups in total. The molecular formula is C79H114F2O23. The summed E-state index contributed by atoms with van der Waals surface area (Å²) in [6, 6.07) is 17.3. The summed E-state index contributed by atoms with van der Waals surface area (Å²) in [5.74, 6) is 0.955. The molecule has 0 saturated heterocycles. The third-order valence-corrected chi connectivity index (χ3v) is 21.9.